The van der Waals surface area contributed by atoms with Crippen LogP contribution in [0.4, 0.5) is 0 Å². The van der Waals surface area contributed by atoms with Crippen molar-refractivity contribution in [1.82, 2.24) is 0 Å². The number of aliphatic carboxylic acids is 1. The van der Waals surface area contributed by atoms with Gasteiger partial charge in [-0.3, -0.25) is 0 Å². The Kier molecular flexibility index (Phi) is 4.63. The van der Waals surface area contributed by atoms with Gasteiger partial charge in [0.25, 0.3) is 0 Å². The van der Waals surface area contributed by atoms with Crippen molar-refractivity contribution >= 4 is 5.97 Å². The van der Waals surface area contributed by atoms with Crippen LogP contribution in [0.1, 0.15) is 12.0 Å². The Balaban J connectivity index is 2.45. The Labute approximate surface area is 88.1 Å². The smallest absolute Gasteiger partial charge is 0.128 e. The Bertz CT molecular complexity index is 305. The van der Waals surface area contributed by atoms with Gasteiger partial charge in [-0.05, 0) is 30.5 Å². The second kappa shape index (κ2) is 6.03. The molecule has 0 saturated heterocycles. The Morgan fingerprint density at radius 1 is 1.33 bits per heavy atom. The maximum absolute atomic E-state index is 10.1. The molecule has 0 atom stereocenters. The average molecular weight is 209 g/mol. The highest BCUT2D eigenvalue weighted by Crippen LogP contribution is 2.12. The normalized spacial score (nSPS) is 9.93. The van der Waals surface area contributed by atoms with Gasteiger partial charge >= 0.3 is 0 Å². The lowest BCUT2D eigenvalue weighted by Crippen LogP contribution is -2.28. The van der Waals surface area contributed by atoms with Gasteiger partial charge in [-0.15, -0.1) is 0 Å². The van der Waals surface area contributed by atoms with Gasteiger partial charge in [0.05, 0.1) is 5.97 Å². The maximum Gasteiger partial charge on any atom is 0.128 e. The molecule has 0 saturated carbocycles. The van der Waals surface area contributed by atoms with E-state index < -0.39 is 12.6 Å². The van der Waals surface area contributed by atoms with Crippen molar-refractivity contribution in [3.8, 4) is 5.75 Å². The summed E-state index contributed by atoms with van der Waals surface area (Å²) in [5.74, 6) is -0.730. The molecule has 0 aliphatic carbocycles. The zero-order chi connectivity index (χ0) is 11.1. The molecule has 0 bridgehead atoms. The van der Waals surface area contributed by atoms with Crippen molar-refractivity contribution in [3.63, 3.8) is 0 Å². The fourth-order valence-corrected chi connectivity index (χ4v) is 1.18. The van der Waals surface area contributed by atoms with E-state index in [0.717, 1.165) is 18.4 Å². The molecular formula is C11H13O4-. The van der Waals surface area contributed by atoms with Gasteiger partial charge in [-0.1, -0.05) is 12.1 Å². The molecule has 1 aromatic rings. The molecule has 0 unspecified atom stereocenters. The molecule has 0 fully saturated rings. The monoisotopic (exact) mass is 209 g/mol. The van der Waals surface area contributed by atoms with Crippen LogP contribution in [0.2, 0.25) is 0 Å². The van der Waals surface area contributed by atoms with E-state index in [2.05, 4.69) is 0 Å². The number of aliphatic hydroxyl groups is 1. The lowest BCUT2D eigenvalue weighted by atomic mass is 10.1. The predicted molar refractivity (Wildman–Crippen MR) is 52.4 cm³/mol. The number of ether oxygens (including phenoxy) is 1. The van der Waals surface area contributed by atoms with Gasteiger partial charge in [0.2, 0.25) is 0 Å². The number of benzene rings is 1. The van der Waals surface area contributed by atoms with Gasteiger partial charge in [0.15, 0.2) is 0 Å². The minimum absolute atomic E-state index is 0.170. The minimum atomic E-state index is -1.24. The number of aliphatic hydroxyl groups excluding tert-OH is 1. The third kappa shape index (κ3) is 4.46. The second-order valence-corrected chi connectivity index (χ2v) is 3.13. The van der Waals surface area contributed by atoms with Gasteiger partial charge < -0.3 is 19.7 Å². The number of rotatable bonds is 6. The summed E-state index contributed by atoms with van der Waals surface area (Å²) in [6, 6.07) is 7.10. The van der Waals surface area contributed by atoms with E-state index in [1.165, 1.54) is 0 Å². The second-order valence-electron chi connectivity index (χ2n) is 3.13. The summed E-state index contributed by atoms with van der Waals surface area (Å²) in [5, 5.41) is 18.7. The van der Waals surface area contributed by atoms with E-state index in [1.54, 1.807) is 12.1 Å². The quantitative estimate of drug-likeness (QED) is 0.700. The summed E-state index contributed by atoms with van der Waals surface area (Å²) < 4.78 is 4.92. The molecule has 0 heterocycles. The summed E-state index contributed by atoms with van der Waals surface area (Å²) in [6.45, 7) is -0.265. The fraction of sp³-hybridized carbons (Fsp3) is 0.364. The number of aryl methyl sites for hydroxylation is 1. The van der Waals surface area contributed by atoms with Crippen LogP contribution in [-0.4, -0.2) is 24.3 Å². The molecule has 0 aromatic heterocycles. The first kappa shape index (κ1) is 11.5. The summed E-state index contributed by atoms with van der Waals surface area (Å²) in [6.07, 6.45) is 1.52. The number of hydrogen-bond acceptors (Lipinski definition) is 4. The number of hydrogen-bond donors (Lipinski definition) is 1. The van der Waals surface area contributed by atoms with Gasteiger partial charge in [0.1, 0.15) is 12.4 Å². The summed E-state index contributed by atoms with van der Waals surface area (Å²) in [5.41, 5.74) is 1.09. The zero-order valence-corrected chi connectivity index (χ0v) is 8.31. The van der Waals surface area contributed by atoms with Crippen molar-refractivity contribution in [2.75, 3.05) is 13.2 Å². The van der Waals surface area contributed by atoms with Crippen LogP contribution in [0.25, 0.3) is 0 Å². The van der Waals surface area contributed by atoms with E-state index in [9.17, 15) is 9.90 Å². The molecule has 82 valence electrons. The average Bonchev–Trinajstić information content (AvgIpc) is 2.25. The van der Waals surface area contributed by atoms with Crippen molar-refractivity contribution in [2.24, 2.45) is 0 Å². The highest BCUT2D eigenvalue weighted by Gasteiger charge is 1.95. The molecule has 0 aliphatic rings. The molecule has 0 radical (unpaired) electrons. The van der Waals surface area contributed by atoms with E-state index in [0.29, 0.717) is 5.75 Å². The molecule has 1 N–H and O–H groups in total. The molecule has 4 heteroatoms. The number of carbonyl (C=O) groups excluding carboxylic acids is 1. The van der Waals surface area contributed by atoms with Crippen LogP contribution in [0.15, 0.2) is 24.3 Å². The molecular weight excluding hydrogens is 196 g/mol. The predicted octanol–water partition coefficient (Wildman–Crippen LogP) is -0.260. The number of carbonyl (C=O) groups is 1. The van der Waals surface area contributed by atoms with E-state index in [1.807, 2.05) is 12.1 Å². The van der Waals surface area contributed by atoms with Crippen LogP contribution in [0.3, 0.4) is 0 Å². The lowest BCUT2D eigenvalue weighted by Gasteiger charge is -2.07. The molecule has 4 nitrogen and oxygen atoms in total. The molecule has 1 rings (SSSR count). The zero-order valence-electron chi connectivity index (χ0n) is 8.31. The van der Waals surface area contributed by atoms with Crippen molar-refractivity contribution in [1.29, 1.82) is 0 Å². The van der Waals surface area contributed by atoms with Crippen LogP contribution in [-0.2, 0) is 11.2 Å². The molecule has 0 spiro atoms. The highest BCUT2D eigenvalue weighted by atomic mass is 16.5. The first-order valence-corrected chi connectivity index (χ1v) is 4.75. The summed E-state index contributed by atoms with van der Waals surface area (Å²) >= 11 is 0. The topological polar surface area (TPSA) is 69.6 Å². The largest absolute Gasteiger partial charge is 0.546 e. The third-order valence-electron chi connectivity index (χ3n) is 1.90. The highest BCUT2D eigenvalue weighted by molar-refractivity contribution is 5.66. The Morgan fingerprint density at radius 3 is 2.53 bits per heavy atom. The first-order valence-electron chi connectivity index (χ1n) is 4.75. The molecule has 1 aromatic carbocycles. The van der Waals surface area contributed by atoms with Gasteiger partial charge in [0, 0.05) is 6.61 Å². The van der Waals surface area contributed by atoms with Crippen LogP contribution in [0.5, 0.6) is 5.75 Å². The molecule has 0 amide bonds. The van der Waals surface area contributed by atoms with Gasteiger partial charge in [-0.2, -0.15) is 0 Å². The lowest BCUT2D eigenvalue weighted by molar-refractivity contribution is -0.307. The van der Waals surface area contributed by atoms with E-state index in [4.69, 9.17) is 9.84 Å². The standard InChI is InChI=1S/C11H14O4/c12-7-1-2-9-3-5-10(6-4-9)15-8-11(13)14/h3-6,12H,1-2,7-8H2,(H,13,14)/p-1. The third-order valence-corrected chi connectivity index (χ3v) is 1.90. The summed E-state index contributed by atoms with van der Waals surface area (Å²) in [7, 11) is 0. The minimum Gasteiger partial charge on any atom is -0.546 e. The fourth-order valence-electron chi connectivity index (χ4n) is 1.18. The first-order chi connectivity index (χ1) is 7.22. The van der Waals surface area contributed by atoms with Crippen molar-refractivity contribution < 1.29 is 19.7 Å². The van der Waals surface area contributed by atoms with Crippen molar-refractivity contribution in [2.45, 2.75) is 12.8 Å². The molecule has 15 heavy (non-hydrogen) atoms. The van der Waals surface area contributed by atoms with Crippen LogP contribution >= 0.6 is 0 Å². The molecule has 0 aliphatic heterocycles. The Hall–Kier alpha value is -1.55. The van der Waals surface area contributed by atoms with Gasteiger partial charge in [-0.25, -0.2) is 0 Å². The SMILES string of the molecule is O=C([O-])COc1ccc(CCCO)cc1. The number of carboxylic acid groups (broad SMARTS) is 1. The summed E-state index contributed by atoms with van der Waals surface area (Å²) in [4.78, 5) is 10.1. The van der Waals surface area contributed by atoms with E-state index in [-0.39, 0.29) is 6.61 Å². The van der Waals surface area contributed by atoms with E-state index >= 15 is 0 Å². The maximum atomic E-state index is 10.1. The van der Waals surface area contributed by atoms with Crippen LogP contribution in [0, 0.1) is 0 Å². The van der Waals surface area contributed by atoms with Crippen LogP contribution < -0.4 is 9.84 Å². The number of carboxylic acids is 1. The van der Waals surface area contributed by atoms with Crippen molar-refractivity contribution in [3.05, 3.63) is 29.8 Å². The Morgan fingerprint density at radius 2 is 2.00 bits per heavy atom.